The smallest absolute Gasteiger partial charge is 0.251 e. The molecule has 0 spiro atoms. The van der Waals surface area contributed by atoms with Crippen molar-refractivity contribution in [1.29, 1.82) is 0 Å². The van der Waals surface area contributed by atoms with E-state index in [1.807, 2.05) is 75.7 Å². The van der Waals surface area contributed by atoms with Crippen LogP contribution in [0, 0.1) is 12.3 Å². The van der Waals surface area contributed by atoms with Gasteiger partial charge in [0.1, 0.15) is 12.3 Å². The molecular weight excluding hydrogens is 861 g/mol. The number of carbonyl (C=O) groups excluding carboxylic acids is 5. The molecule has 7 rings (SSSR count). The number of amides is 5. The number of nitrogens with zero attached hydrogens (tertiary/aromatic N) is 3. The number of ether oxygens (including phenoxy) is 1. The van der Waals surface area contributed by atoms with E-state index in [0.29, 0.717) is 24.8 Å². The molecule has 352 valence electrons. The van der Waals surface area contributed by atoms with E-state index in [4.69, 9.17) is 16.2 Å². The Labute approximate surface area is 389 Å². The summed E-state index contributed by atoms with van der Waals surface area (Å²) in [5.74, 6) is -1.97. The van der Waals surface area contributed by atoms with Gasteiger partial charge in [-0.15, -0.1) is 11.3 Å². The Balaban J connectivity index is 0.950. The number of rotatable bonds is 17. The number of nitrogens with two attached hydrogens (primary N) is 2. The van der Waals surface area contributed by atoms with Crippen LogP contribution in [0.2, 0.25) is 0 Å². The SMILES string of the molecule is Cc1ncsc1-c1ccc(CNC(=O)[C@@H]2C[C@@H](O)CN2C(O)[C@@H](NC(=O)c2ccc(CO[C@H](C)[C@H](CCC(N)=O)NC(=O)[C@@H]3Cc4cccc5c4N3C(=O)[C@@H](N)CC5)cc2)C(C)(C)C)cc1. The Morgan fingerprint density at radius 1 is 0.970 bits per heavy atom. The maximum absolute atomic E-state index is 14.0. The number of aliphatic hydroxyl groups is 2. The third-order valence-corrected chi connectivity index (χ3v) is 14.0. The van der Waals surface area contributed by atoms with E-state index >= 15 is 0 Å². The van der Waals surface area contributed by atoms with Gasteiger partial charge in [0, 0.05) is 31.5 Å². The number of thiazole rings is 1. The molecule has 1 aromatic heterocycles. The van der Waals surface area contributed by atoms with Crippen molar-refractivity contribution in [2.24, 2.45) is 16.9 Å². The minimum absolute atomic E-state index is 0.00549. The Morgan fingerprint density at radius 2 is 1.67 bits per heavy atom. The normalized spacial score (nSPS) is 21.3. The van der Waals surface area contributed by atoms with Crippen LogP contribution in [0.3, 0.4) is 0 Å². The first kappa shape index (κ1) is 48.4. The number of anilines is 1. The van der Waals surface area contributed by atoms with Gasteiger partial charge in [0.05, 0.1) is 64.8 Å². The fourth-order valence-corrected chi connectivity index (χ4v) is 9.97. The van der Waals surface area contributed by atoms with Gasteiger partial charge in [-0.1, -0.05) is 75.4 Å². The van der Waals surface area contributed by atoms with Gasteiger partial charge in [-0.2, -0.15) is 0 Å². The van der Waals surface area contributed by atoms with Gasteiger partial charge in [-0.25, -0.2) is 4.98 Å². The summed E-state index contributed by atoms with van der Waals surface area (Å²) in [6.07, 6.45) is -0.919. The van der Waals surface area contributed by atoms with Crippen molar-refractivity contribution in [3.05, 3.63) is 106 Å². The average molecular weight is 923 g/mol. The number of carbonyl (C=O) groups is 5. The number of nitrogens with one attached hydrogen (secondary N) is 3. The predicted octanol–water partition coefficient (Wildman–Crippen LogP) is 3.22. The molecule has 4 heterocycles. The first-order chi connectivity index (χ1) is 31.4. The van der Waals surface area contributed by atoms with Crippen LogP contribution in [0.15, 0.2) is 72.2 Å². The summed E-state index contributed by atoms with van der Waals surface area (Å²) >= 11 is 1.57. The number of aliphatic hydroxyl groups excluding tert-OH is 2. The van der Waals surface area contributed by atoms with Crippen LogP contribution in [0.1, 0.15) is 91.7 Å². The number of likely N-dealkylation sites (tertiary alicyclic amines) is 1. The molecule has 1 unspecified atom stereocenters. The van der Waals surface area contributed by atoms with Gasteiger partial charge in [-0.3, -0.25) is 33.8 Å². The number of hydrogen-bond acceptors (Lipinski definition) is 12. The quantitative estimate of drug-likeness (QED) is 0.0811. The monoisotopic (exact) mass is 922 g/mol. The molecule has 66 heavy (non-hydrogen) atoms. The topological polar surface area (TPSA) is 243 Å². The van der Waals surface area contributed by atoms with E-state index in [1.165, 1.54) is 4.90 Å². The first-order valence-corrected chi connectivity index (χ1v) is 23.5. The minimum Gasteiger partial charge on any atom is -0.392 e. The van der Waals surface area contributed by atoms with E-state index in [1.54, 1.807) is 47.4 Å². The van der Waals surface area contributed by atoms with Crippen LogP contribution >= 0.6 is 11.3 Å². The van der Waals surface area contributed by atoms with Crippen molar-refractivity contribution in [1.82, 2.24) is 25.8 Å². The van der Waals surface area contributed by atoms with Crippen molar-refractivity contribution < 1.29 is 38.9 Å². The minimum atomic E-state index is -1.30. The number of para-hydroxylation sites is 1. The molecule has 3 aliphatic heterocycles. The Morgan fingerprint density at radius 3 is 2.33 bits per heavy atom. The fraction of sp³-hybridized carbons (Fsp3) is 0.469. The average Bonchev–Trinajstić information content (AvgIpc) is 4.00. The molecule has 9 N–H and O–H groups in total. The van der Waals surface area contributed by atoms with Crippen molar-refractivity contribution in [3.8, 4) is 10.4 Å². The molecular formula is C49H62N8O8S. The number of primary amides is 1. The van der Waals surface area contributed by atoms with Gasteiger partial charge < -0.3 is 42.4 Å². The van der Waals surface area contributed by atoms with Gasteiger partial charge in [0.15, 0.2) is 0 Å². The molecule has 3 aliphatic rings. The number of hydrogen-bond donors (Lipinski definition) is 7. The second kappa shape index (κ2) is 20.5. The molecule has 1 saturated heterocycles. The second-order valence-corrected chi connectivity index (χ2v) is 19.7. The maximum atomic E-state index is 14.0. The lowest BCUT2D eigenvalue weighted by Crippen LogP contribution is -2.60. The summed E-state index contributed by atoms with van der Waals surface area (Å²) < 4.78 is 6.23. The van der Waals surface area contributed by atoms with Crippen LogP contribution in [0.25, 0.3) is 10.4 Å². The summed E-state index contributed by atoms with van der Waals surface area (Å²) in [6.45, 7) is 9.83. The lowest BCUT2D eigenvalue weighted by atomic mass is 9.84. The zero-order valence-corrected chi connectivity index (χ0v) is 39.0. The van der Waals surface area contributed by atoms with Crippen molar-refractivity contribution in [3.63, 3.8) is 0 Å². The predicted molar refractivity (Wildman–Crippen MR) is 251 cm³/mol. The highest BCUT2D eigenvalue weighted by atomic mass is 32.1. The van der Waals surface area contributed by atoms with E-state index in [9.17, 15) is 34.2 Å². The van der Waals surface area contributed by atoms with Gasteiger partial charge in [-0.05, 0) is 84.9 Å². The fourth-order valence-electron chi connectivity index (χ4n) is 9.16. The van der Waals surface area contributed by atoms with Crippen molar-refractivity contribution in [2.45, 2.75) is 135 Å². The van der Waals surface area contributed by atoms with Crippen LogP contribution in [0.4, 0.5) is 5.69 Å². The Bertz CT molecular complexity index is 2400. The third kappa shape index (κ3) is 11.0. The summed E-state index contributed by atoms with van der Waals surface area (Å²) in [6, 6.07) is 16.7. The highest BCUT2D eigenvalue weighted by Gasteiger charge is 2.46. The van der Waals surface area contributed by atoms with Gasteiger partial charge >= 0.3 is 0 Å². The van der Waals surface area contributed by atoms with Crippen LogP contribution in [-0.2, 0) is 49.9 Å². The standard InChI is InChI=1S/C49H62N8O8S/c1-27-42(66-26-53-27)32-13-9-29(10-14-32)23-52-45(61)38-22-35(58)24-56(38)48(64)43(49(3,4)5)55-44(60)33-15-11-30(12-16-33)25-65-28(2)37(19-20-40(51)59)54-46(62)39-21-34-8-6-7-31-17-18-36(50)47(63)57(39)41(31)34/h6-16,26,28,35-39,43,48,58,64H,17-25,50H2,1-5H3,(H2,51,59)(H,52,61)(H,54,62)(H,55,60)/t28-,35-,36+,37+,38+,39+,43-,48?/m1/s1. The molecule has 0 bridgehead atoms. The summed E-state index contributed by atoms with van der Waals surface area (Å²) in [5.41, 5.74) is 19.5. The maximum Gasteiger partial charge on any atom is 0.251 e. The van der Waals surface area contributed by atoms with E-state index in [-0.39, 0.29) is 56.7 Å². The second-order valence-electron chi connectivity index (χ2n) is 18.8. The molecule has 8 atom stereocenters. The molecule has 16 nitrogen and oxygen atoms in total. The van der Waals surface area contributed by atoms with Gasteiger partial charge in [0.2, 0.25) is 23.6 Å². The van der Waals surface area contributed by atoms with Crippen LogP contribution < -0.4 is 32.3 Å². The first-order valence-electron chi connectivity index (χ1n) is 22.6. The third-order valence-electron chi connectivity index (χ3n) is 13.0. The highest BCUT2D eigenvalue weighted by Crippen LogP contribution is 2.39. The number of β-amino-alcohol motifs (C(OH)–C–C–N with tert-alkyl or cyclic N) is 1. The van der Waals surface area contributed by atoms with Crippen molar-refractivity contribution in [2.75, 3.05) is 11.4 Å². The van der Waals surface area contributed by atoms with Gasteiger partial charge in [0.25, 0.3) is 5.91 Å². The molecule has 4 aromatic rings. The number of aryl methyl sites for hydroxylation is 2. The lowest BCUT2D eigenvalue weighted by molar-refractivity contribution is -0.132. The molecule has 0 saturated carbocycles. The van der Waals surface area contributed by atoms with E-state index in [2.05, 4.69) is 20.9 Å². The molecule has 0 radical (unpaired) electrons. The lowest BCUT2D eigenvalue weighted by Gasteiger charge is -2.40. The molecule has 1 fully saturated rings. The zero-order chi connectivity index (χ0) is 47.4. The molecule has 0 aliphatic carbocycles. The zero-order valence-electron chi connectivity index (χ0n) is 38.2. The van der Waals surface area contributed by atoms with E-state index in [0.717, 1.165) is 44.1 Å². The molecule has 5 amide bonds. The largest absolute Gasteiger partial charge is 0.392 e. The Hall–Kier alpha value is -5.56. The van der Waals surface area contributed by atoms with Crippen molar-refractivity contribution >= 4 is 46.6 Å². The van der Waals surface area contributed by atoms with Crippen LogP contribution in [-0.4, -0.2) is 105 Å². The summed E-state index contributed by atoms with van der Waals surface area (Å²) in [5, 5.41) is 31.5. The summed E-state index contributed by atoms with van der Waals surface area (Å²) in [4.78, 5) is 75.1. The Kier molecular flexibility index (Phi) is 15.0. The number of benzene rings is 3. The highest BCUT2D eigenvalue weighted by molar-refractivity contribution is 7.13. The number of aromatic nitrogens is 1. The van der Waals surface area contributed by atoms with Crippen LogP contribution in [0.5, 0.6) is 0 Å². The molecule has 17 heteroatoms. The summed E-state index contributed by atoms with van der Waals surface area (Å²) in [7, 11) is 0. The van der Waals surface area contributed by atoms with E-state index < -0.39 is 65.9 Å². The molecule has 3 aromatic carbocycles.